The molecule has 1 amide bonds. The second-order valence-corrected chi connectivity index (χ2v) is 9.99. The van der Waals surface area contributed by atoms with Crippen LogP contribution in [0.3, 0.4) is 0 Å². The summed E-state index contributed by atoms with van der Waals surface area (Å²) in [5, 5.41) is 14.3. The SMILES string of the molecule is COc1ccc(Cl)c(Nc2nc3ccccc3nc2N(c2cccc(C(=O)N=[N+]=NC3CCNC3)c2)[SH](=O)=O)c1. The molecule has 204 valence electrons. The molecule has 40 heavy (non-hydrogen) atoms. The van der Waals surface area contributed by atoms with Gasteiger partial charge in [-0.05, 0) is 55.4 Å². The number of methoxy groups -OCH3 is 1. The van der Waals surface area contributed by atoms with E-state index in [0.29, 0.717) is 34.0 Å². The number of aromatic nitrogens is 2. The van der Waals surface area contributed by atoms with E-state index >= 15 is 0 Å². The van der Waals surface area contributed by atoms with E-state index in [-0.39, 0.29) is 28.9 Å². The number of rotatable bonds is 8. The van der Waals surface area contributed by atoms with E-state index in [0.717, 1.165) is 17.3 Å². The third kappa shape index (κ3) is 6.08. The molecule has 1 aliphatic rings. The molecular formula is C26H24ClN8O4S+. The Hall–Kier alpha value is -4.42. The Morgan fingerprint density at radius 1 is 1.12 bits per heavy atom. The van der Waals surface area contributed by atoms with Crippen LogP contribution in [-0.2, 0) is 10.9 Å². The van der Waals surface area contributed by atoms with Gasteiger partial charge in [-0.25, -0.2) is 22.7 Å². The number of hydrogen-bond acceptors (Lipinski definition) is 9. The number of para-hydroxylation sites is 2. The number of thiol groups is 1. The number of hydrogen-bond donors (Lipinski definition) is 3. The fraction of sp³-hybridized carbons (Fsp3) is 0.192. The van der Waals surface area contributed by atoms with Crippen molar-refractivity contribution in [1.82, 2.24) is 20.2 Å². The van der Waals surface area contributed by atoms with Gasteiger partial charge in [-0.2, -0.15) is 0 Å². The Morgan fingerprint density at radius 3 is 2.65 bits per heavy atom. The lowest BCUT2D eigenvalue weighted by atomic mass is 10.2. The Morgan fingerprint density at radius 2 is 1.93 bits per heavy atom. The van der Waals surface area contributed by atoms with Gasteiger partial charge in [-0.3, -0.25) is 4.79 Å². The van der Waals surface area contributed by atoms with E-state index < -0.39 is 16.8 Å². The molecule has 0 saturated carbocycles. The fourth-order valence-electron chi connectivity index (χ4n) is 4.08. The molecule has 12 nitrogen and oxygen atoms in total. The summed E-state index contributed by atoms with van der Waals surface area (Å²) in [4.78, 5) is 25.6. The molecule has 0 spiro atoms. The zero-order valence-corrected chi connectivity index (χ0v) is 22.8. The van der Waals surface area contributed by atoms with Crippen molar-refractivity contribution in [3.8, 4) is 5.75 Å². The van der Waals surface area contributed by atoms with E-state index in [4.69, 9.17) is 16.3 Å². The molecule has 1 aromatic heterocycles. The number of amides is 1. The average molecular weight is 580 g/mol. The number of nitrogens with zero attached hydrogens (tertiary/aromatic N) is 6. The van der Waals surface area contributed by atoms with E-state index in [1.54, 1.807) is 48.5 Å². The number of fused-ring (bicyclic) bond motifs is 1. The molecule has 2 heterocycles. The van der Waals surface area contributed by atoms with Crippen molar-refractivity contribution in [3.05, 3.63) is 77.3 Å². The highest BCUT2D eigenvalue weighted by molar-refractivity contribution is 7.74. The molecule has 1 fully saturated rings. The summed E-state index contributed by atoms with van der Waals surface area (Å²) in [5.41, 5.74) is 1.70. The number of anilines is 4. The zero-order valence-electron chi connectivity index (χ0n) is 21.2. The highest BCUT2D eigenvalue weighted by Crippen LogP contribution is 2.36. The Kier molecular flexibility index (Phi) is 8.27. The van der Waals surface area contributed by atoms with Crippen LogP contribution in [0.4, 0.5) is 23.0 Å². The monoisotopic (exact) mass is 579 g/mol. The number of halogens is 1. The lowest BCUT2D eigenvalue weighted by molar-refractivity contribution is 0.0992. The van der Waals surface area contributed by atoms with Crippen molar-refractivity contribution in [2.45, 2.75) is 12.5 Å². The van der Waals surface area contributed by atoms with Crippen molar-refractivity contribution >= 4 is 62.4 Å². The largest absolute Gasteiger partial charge is 0.497 e. The van der Waals surface area contributed by atoms with Crippen LogP contribution in [0.5, 0.6) is 5.75 Å². The highest BCUT2D eigenvalue weighted by atomic mass is 35.5. The zero-order chi connectivity index (χ0) is 28.1. The van der Waals surface area contributed by atoms with Gasteiger partial charge >= 0.3 is 5.91 Å². The molecule has 1 aliphatic heterocycles. The first-order valence-corrected chi connectivity index (χ1v) is 13.7. The lowest BCUT2D eigenvalue weighted by Gasteiger charge is -2.21. The van der Waals surface area contributed by atoms with Gasteiger partial charge in [0, 0.05) is 12.6 Å². The Balaban J connectivity index is 1.56. The first kappa shape index (κ1) is 27.2. The summed E-state index contributed by atoms with van der Waals surface area (Å²) >= 11 is 6.40. The maximum Gasteiger partial charge on any atom is 0.360 e. The van der Waals surface area contributed by atoms with Crippen molar-refractivity contribution in [2.75, 3.05) is 29.8 Å². The van der Waals surface area contributed by atoms with Crippen LogP contribution in [-0.4, -0.2) is 50.5 Å². The van der Waals surface area contributed by atoms with Crippen LogP contribution in [0.1, 0.15) is 16.8 Å². The van der Waals surface area contributed by atoms with Gasteiger partial charge in [0.2, 0.25) is 20.9 Å². The molecule has 1 unspecified atom stereocenters. The van der Waals surface area contributed by atoms with Crippen molar-refractivity contribution < 1.29 is 17.9 Å². The topological polar surface area (TPSA) is 152 Å². The van der Waals surface area contributed by atoms with Gasteiger partial charge in [0.15, 0.2) is 11.6 Å². The van der Waals surface area contributed by atoms with Crippen molar-refractivity contribution in [3.63, 3.8) is 0 Å². The molecule has 4 aromatic rings. The number of benzene rings is 3. The smallest absolute Gasteiger partial charge is 0.360 e. The lowest BCUT2D eigenvalue weighted by Crippen LogP contribution is -2.19. The minimum Gasteiger partial charge on any atom is -0.497 e. The second-order valence-electron chi connectivity index (χ2n) is 8.71. The predicted octanol–water partition coefficient (Wildman–Crippen LogP) is 4.17. The summed E-state index contributed by atoms with van der Waals surface area (Å²) in [6.45, 7) is 1.51. The van der Waals surface area contributed by atoms with Gasteiger partial charge in [0.05, 0.1) is 40.1 Å². The number of ether oxygens (including phenoxy) is 1. The molecule has 2 N–H and O–H groups in total. The summed E-state index contributed by atoms with van der Waals surface area (Å²) in [5.74, 6) is -0.0360. The quantitative estimate of drug-likeness (QED) is 0.160. The standard InChI is InChI=1S/C26H23ClN8O4S/c1-39-19-9-10-20(27)23(14-19)30-24-25(31-22-8-3-2-7-21(22)29-24)35(40(37)38)18-6-4-5-16(13-18)26(36)33-34-32-17-11-12-28-15-17/h2-10,13-14,17,28,40H,11-12,15H2,1H3/p+1. The summed E-state index contributed by atoms with van der Waals surface area (Å²) in [6, 6.07) is 18.0. The molecule has 5 rings (SSSR count). The highest BCUT2D eigenvalue weighted by Gasteiger charge is 2.23. The molecule has 14 heteroatoms. The van der Waals surface area contributed by atoms with Gasteiger partial charge in [0.1, 0.15) is 16.9 Å². The normalized spacial score (nSPS) is 14.5. The molecule has 1 atom stereocenters. The first-order chi connectivity index (χ1) is 19.4. The fourth-order valence-corrected chi connectivity index (χ4v) is 4.85. The molecular weight excluding hydrogens is 556 g/mol. The van der Waals surface area contributed by atoms with E-state index in [2.05, 4.69) is 35.7 Å². The molecule has 3 aromatic carbocycles. The first-order valence-electron chi connectivity index (χ1n) is 12.2. The van der Waals surface area contributed by atoms with Crippen molar-refractivity contribution in [2.24, 2.45) is 10.2 Å². The third-order valence-electron chi connectivity index (χ3n) is 6.07. The second kappa shape index (κ2) is 12.2. The van der Waals surface area contributed by atoms with Gasteiger partial charge in [0.25, 0.3) is 0 Å². The molecule has 0 radical (unpaired) electrons. The maximum atomic E-state index is 12.7. The summed E-state index contributed by atoms with van der Waals surface area (Å²) in [7, 11) is -1.77. The summed E-state index contributed by atoms with van der Waals surface area (Å²) in [6.07, 6.45) is 0.818. The maximum absolute atomic E-state index is 12.7. The van der Waals surface area contributed by atoms with Crippen LogP contribution in [0, 0.1) is 0 Å². The Bertz CT molecular complexity index is 1710. The van der Waals surface area contributed by atoms with E-state index in [1.165, 1.54) is 25.3 Å². The molecule has 0 aliphatic carbocycles. The van der Waals surface area contributed by atoms with Crippen LogP contribution >= 0.6 is 11.6 Å². The molecule has 1 saturated heterocycles. The van der Waals surface area contributed by atoms with Crippen LogP contribution in [0.2, 0.25) is 5.02 Å². The molecule has 0 bridgehead atoms. The van der Waals surface area contributed by atoms with Crippen LogP contribution < -0.4 is 24.6 Å². The van der Waals surface area contributed by atoms with Crippen LogP contribution in [0.25, 0.3) is 11.0 Å². The van der Waals surface area contributed by atoms with Crippen LogP contribution in [0.15, 0.2) is 77.0 Å². The van der Waals surface area contributed by atoms with Gasteiger partial charge in [-0.1, -0.05) is 29.8 Å². The number of carbonyl (C=O) groups excluding carboxylic acids is 1. The predicted molar refractivity (Wildman–Crippen MR) is 152 cm³/mol. The van der Waals surface area contributed by atoms with Crippen molar-refractivity contribution in [1.29, 1.82) is 0 Å². The minimum absolute atomic E-state index is 0.0244. The Labute approximate surface area is 235 Å². The third-order valence-corrected chi connectivity index (χ3v) is 7.14. The van der Waals surface area contributed by atoms with Gasteiger partial charge in [-0.15, -0.1) is 0 Å². The minimum atomic E-state index is -3.29. The summed E-state index contributed by atoms with van der Waals surface area (Å²) < 4.78 is 31.6. The number of carbonyl (C=O) groups is 1. The average Bonchev–Trinajstić information content (AvgIpc) is 3.48. The van der Waals surface area contributed by atoms with E-state index in [9.17, 15) is 13.2 Å². The number of nitrogens with one attached hydrogen (secondary N) is 2. The van der Waals surface area contributed by atoms with Gasteiger partial charge < -0.3 is 15.4 Å². The van der Waals surface area contributed by atoms with E-state index in [1.807, 2.05) is 0 Å².